The van der Waals surface area contributed by atoms with Gasteiger partial charge >= 0.3 is 0 Å². The van der Waals surface area contributed by atoms with Crippen LogP contribution in [-0.4, -0.2) is 33.2 Å². The second kappa shape index (κ2) is 7.51. The fourth-order valence-electron chi connectivity index (χ4n) is 3.05. The molecule has 2 amide bonds. The largest absolute Gasteiger partial charge is 0.492 e. The summed E-state index contributed by atoms with van der Waals surface area (Å²) < 4.78 is 6.99. The van der Waals surface area contributed by atoms with Gasteiger partial charge in [-0.15, -0.1) is 5.10 Å². The predicted octanol–water partition coefficient (Wildman–Crippen LogP) is 2.87. The molecular formula is C20H19N5O3. The standard InChI is InChI=1S/C20H19N5O3/c1-2-28-16-11-7-6-10-14(16)21-17(26)12-15-19(27)23-20-22-18(24-25(15)20)13-8-4-3-5-9-13/h3-11,15H,2,12H2,1H3,(H,21,26)(H,22,23,24,27). The third-order valence-corrected chi connectivity index (χ3v) is 4.34. The fraction of sp³-hybridized carbons (Fsp3) is 0.200. The first-order chi connectivity index (χ1) is 13.7. The number of para-hydroxylation sites is 2. The van der Waals surface area contributed by atoms with Crippen LogP contribution in [0.25, 0.3) is 11.4 Å². The lowest BCUT2D eigenvalue weighted by atomic mass is 10.2. The molecule has 1 aromatic heterocycles. The van der Waals surface area contributed by atoms with Crippen molar-refractivity contribution in [2.45, 2.75) is 19.4 Å². The average molecular weight is 377 g/mol. The molecule has 2 N–H and O–H groups in total. The topological polar surface area (TPSA) is 98.1 Å². The maximum Gasteiger partial charge on any atom is 0.252 e. The normalized spacial score (nSPS) is 15.0. The Balaban J connectivity index is 1.51. The molecule has 0 radical (unpaired) electrons. The van der Waals surface area contributed by atoms with Crippen LogP contribution in [0.15, 0.2) is 54.6 Å². The van der Waals surface area contributed by atoms with Crippen molar-refractivity contribution in [1.29, 1.82) is 0 Å². The van der Waals surface area contributed by atoms with Crippen LogP contribution in [0.1, 0.15) is 19.4 Å². The summed E-state index contributed by atoms with van der Waals surface area (Å²) in [4.78, 5) is 29.2. The van der Waals surface area contributed by atoms with Gasteiger partial charge in [0.15, 0.2) is 5.82 Å². The molecule has 2 aromatic carbocycles. The molecule has 8 heteroatoms. The van der Waals surface area contributed by atoms with Gasteiger partial charge in [0, 0.05) is 5.56 Å². The van der Waals surface area contributed by atoms with E-state index in [2.05, 4.69) is 20.7 Å². The Bertz CT molecular complexity index is 1020. The number of hydrogen-bond acceptors (Lipinski definition) is 5. The number of carbonyl (C=O) groups excluding carboxylic acids is 2. The number of aromatic nitrogens is 3. The molecule has 142 valence electrons. The lowest BCUT2D eigenvalue weighted by Crippen LogP contribution is -2.24. The highest BCUT2D eigenvalue weighted by Crippen LogP contribution is 2.29. The summed E-state index contributed by atoms with van der Waals surface area (Å²) in [5.41, 5.74) is 1.41. The van der Waals surface area contributed by atoms with Crippen molar-refractivity contribution in [3.8, 4) is 17.1 Å². The van der Waals surface area contributed by atoms with E-state index in [-0.39, 0.29) is 18.2 Å². The number of rotatable bonds is 6. The van der Waals surface area contributed by atoms with E-state index >= 15 is 0 Å². The predicted molar refractivity (Wildman–Crippen MR) is 104 cm³/mol. The number of ether oxygens (including phenoxy) is 1. The maximum atomic E-state index is 12.5. The molecule has 4 rings (SSSR count). The molecule has 3 aromatic rings. The van der Waals surface area contributed by atoms with E-state index < -0.39 is 6.04 Å². The number of anilines is 2. The molecular weight excluding hydrogens is 358 g/mol. The summed E-state index contributed by atoms with van der Waals surface area (Å²) in [5, 5.41) is 9.91. The molecule has 28 heavy (non-hydrogen) atoms. The van der Waals surface area contributed by atoms with Crippen molar-refractivity contribution in [2.75, 3.05) is 17.2 Å². The molecule has 8 nitrogen and oxygen atoms in total. The molecule has 0 fully saturated rings. The quantitative estimate of drug-likeness (QED) is 0.688. The monoisotopic (exact) mass is 377 g/mol. The minimum atomic E-state index is -0.751. The highest BCUT2D eigenvalue weighted by Gasteiger charge is 2.35. The number of nitrogens with one attached hydrogen (secondary N) is 2. The van der Waals surface area contributed by atoms with Crippen molar-refractivity contribution < 1.29 is 14.3 Å². The van der Waals surface area contributed by atoms with Gasteiger partial charge in [-0.2, -0.15) is 4.98 Å². The van der Waals surface area contributed by atoms with E-state index in [1.807, 2.05) is 49.4 Å². The SMILES string of the molecule is CCOc1ccccc1NC(=O)CC1C(=O)Nc2nc(-c3ccccc3)nn21. The first-order valence-electron chi connectivity index (χ1n) is 9.00. The van der Waals surface area contributed by atoms with E-state index in [0.717, 1.165) is 5.56 Å². The molecule has 1 atom stereocenters. The van der Waals surface area contributed by atoms with Gasteiger partial charge in [-0.05, 0) is 19.1 Å². The number of nitrogens with zero attached hydrogens (tertiary/aromatic N) is 3. The average Bonchev–Trinajstić information content (AvgIpc) is 3.23. The van der Waals surface area contributed by atoms with Crippen LogP contribution in [0.4, 0.5) is 11.6 Å². The Hall–Kier alpha value is -3.68. The molecule has 0 saturated heterocycles. The Labute approximate surface area is 161 Å². The third-order valence-electron chi connectivity index (χ3n) is 4.34. The first kappa shape index (κ1) is 17.7. The van der Waals surface area contributed by atoms with Gasteiger partial charge in [0.05, 0.1) is 18.7 Å². The summed E-state index contributed by atoms with van der Waals surface area (Å²) in [5.74, 6) is 0.820. The molecule has 0 bridgehead atoms. The van der Waals surface area contributed by atoms with Gasteiger partial charge in [0.1, 0.15) is 11.8 Å². The molecule has 1 aliphatic heterocycles. The molecule has 0 saturated carbocycles. The fourth-order valence-corrected chi connectivity index (χ4v) is 3.05. The van der Waals surface area contributed by atoms with Crippen molar-refractivity contribution in [3.05, 3.63) is 54.6 Å². The molecule has 0 spiro atoms. The molecule has 1 unspecified atom stereocenters. The second-order valence-corrected chi connectivity index (χ2v) is 6.26. The summed E-state index contributed by atoms with van der Waals surface area (Å²) in [6, 6.07) is 15.9. The van der Waals surface area contributed by atoms with E-state index in [1.165, 1.54) is 4.68 Å². The zero-order valence-corrected chi connectivity index (χ0v) is 15.3. The molecule has 0 aliphatic carbocycles. The summed E-state index contributed by atoms with van der Waals surface area (Å²) in [6.07, 6.45) is -0.0586. The van der Waals surface area contributed by atoms with Gasteiger partial charge in [-0.1, -0.05) is 42.5 Å². The number of carbonyl (C=O) groups is 2. The van der Waals surface area contributed by atoms with E-state index in [4.69, 9.17) is 4.74 Å². The van der Waals surface area contributed by atoms with Crippen LogP contribution in [-0.2, 0) is 9.59 Å². The van der Waals surface area contributed by atoms with Crippen LogP contribution >= 0.6 is 0 Å². The van der Waals surface area contributed by atoms with Gasteiger partial charge in [0.25, 0.3) is 5.91 Å². The number of fused-ring (bicyclic) bond motifs is 1. The Kier molecular flexibility index (Phi) is 4.76. The number of amides is 2. The molecule has 2 heterocycles. The van der Waals surface area contributed by atoms with E-state index in [0.29, 0.717) is 29.8 Å². The van der Waals surface area contributed by atoms with E-state index in [1.54, 1.807) is 12.1 Å². The third kappa shape index (κ3) is 3.44. The van der Waals surface area contributed by atoms with Crippen LogP contribution in [0.3, 0.4) is 0 Å². The Morgan fingerprint density at radius 3 is 2.71 bits per heavy atom. The van der Waals surface area contributed by atoms with Crippen molar-refractivity contribution in [1.82, 2.24) is 14.8 Å². The Morgan fingerprint density at radius 1 is 1.18 bits per heavy atom. The number of hydrogen-bond donors (Lipinski definition) is 2. The van der Waals surface area contributed by atoms with Crippen molar-refractivity contribution >= 4 is 23.5 Å². The summed E-state index contributed by atoms with van der Waals surface area (Å²) in [6.45, 7) is 2.36. The van der Waals surface area contributed by atoms with Gasteiger partial charge in [-0.25, -0.2) is 4.68 Å². The number of benzene rings is 2. The van der Waals surface area contributed by atoms with Gasteiger partial charge in [-0.3, -0.25) is 14.9 Å². The summed E-state index contributed by atoms with van der Waals surface area (Å²) in [7, 11) is 0. The lowest BCUT2D eigenvalue weighted by Gasteiger charge is -2.13. The van der Waals surface area contributed by atoms with Gasteiger partial charge < -0.3 is 10.1 Å². The molecule has 1 aliphatic rings. The minimum Gasteiger partial charge on any atom is -0.492 e. The highest BCUT2D eigenvalue weighted by atomic mass is 16.5. The van der Waals surface area contributed by atoms with Crippen LogP contribution in [0, 0.1) is 0 Å². The zero-order valence-electron chi connectivity index (χ0n) is 15.3. The minimum absolute atomic E-state index is 0.0586. The highest BCUT2D eigenvalue weighted by molar-refractivity contribution is 6.01. The van der Waals surface area contributed by atoms with Crippen LogP contribution in [0.2, 0.25) is 0 Å². The van der Waals surface area contributed by atoms with Gasteiger partial charge in [0.2, 0.25) is 11.9 Å². The first-order valence-corrected chi connectivity index (χ1v) is 9.00. The maximum absolute atomic E-state index is 12.5. The lowest BCUT2D eigenvalue weighted by molar-refractivity contribution is -0.123. The second-order valence-electron chi connectivity index (χ2n) is 6.26. The van der Waals surface area contributed by atoms with Crippen LogP contribution < -0.4 is 15.4 Å². The van der Waals surface area contributed by atoms with Crippen molar-refractivity contribution in [3.63, 3.8) is 0 Å². The van der Waals surface area contributed by atoms with E-state index in [9.17, 15) is 9.59 Å². The Morgan fingerprint density at radius 2 is 1.93 bits per heavy atom. The smallest absolute Gasteiger partial charge is 0.252 e. The zero-order chi connectivity index (χ0) is 19.5. The van der Waals surface area contributed by atoms with Crippen molar-refractivity contribution in [2.24, 2.45) is 0 Å². The van der Waals surface area contributed by atoms with Crippen LogP contribution in [0.5, 0.6) is 5.75 Å². The summed E-state index contributed by atoms with van der Waals surface area (Å²) >= 11 is 0.